The third-order valence-corrected chi connectivity index (χ3v) is 2.92. The van der Waals surface area contributed by atoms with Crippen LogP contribution in [0.25, 0.3) is 0 Å². The fourth-order valence-electron chi connectivity index (χ4n) is 1.55. The molecule has 0 aliphatic rings. The lowest BCUT2D eigenvalue weighted by atomic mass is 10.3. The van der Waals surface area contributed by atoms with E-state index in [-0.39, 0.29) is 12.4 Å². The Hall–Kier alpha value is -1.40. The van der Waals surface area contributed by atoms with Gasteiger partial charge in [0.2, 0.25) is 0 Å². The highest BCUT2D eigenvalue weighted by Crippen LogP contribution is 2.19. The maximum Gasteiger partial charge on any atom is 0.147 e. The molecule has 0 saturated heterocycles. The van der Waals surface area contributed by atoms with Gasteiger partial charge in [0.05, 0.1) is 25.0 Å². The molecule has 1 aromatic carbocycles. The van der Waals surface area contributed by atoms with Crippen molar-refractivity contribution in [2.75, 3.05) is 11.9 Å². The molecule has 2 N–H and O–H groups in total. The van der Waals surface area contributed by atoms with Crippen LogP contribution in [0.2, 0.25) is 0 Å². The highest BCUT2D eigenvalue weighted by atomic mass is 79.9. The Bertz CT molecular complexity index is 530. The summed E-state index contributed by atoms with van der Waals surface area (Å²) >= 11 is 3.21. The van der Waals surface area contributed by atoms with E-state index in [4.69, 9.17) is 5.11 Å². The summed E-state index contributed by atoms with van der Waals surface area (Å²) in [4.78, 5) is 0. The van der Waals surface area contributed by atoms with Crippen LogP contribution >= 0.6 is 15.9 Å². The zero-order chi connectivity index (χ0) is 13.0. The summed E-state index contributed by atoms with van der Waals surface area (Å²) in [5.41, 5.74) is 1.39. The minimum absolute atomic E-state index is 0.0515. The molecule has 4 nitrogen and oxygen atoms in total. The predicted molar refractivity (Wildman–Crippen MR) is 70.7 cm³/mol. The fraction of sp³-hybridized carbons (Fsp3) is 0.250. The zero-order valence-corrected chi connectivity index (χ0v) is 11.2. The average Bonchev–Trinajstić information content (AvgIpc) is 2.76. The molecule has 1 heterocycles. The predicted octanol–water partition coefficient (Wildman–Crippen LogP) is 2.39. The van der Waals surface area contributed by atoms with Crippen LogP contribution < -0.4 is 5.32 Å². The van der Waals surface area contributed by atoms with Gasteiger partial charge in [0.1, 0.15) is 5.82 Å². The van der Waals surface area contributed by atoms with Crippen LogP contribution in [0.3, 0.4) is 0 Å². The van der Waals surface area contributed by atoms with Gasteiger partial charge in [-0.05, 0) is 18.2 Å². The van der Waals surface area contributed by atoms with Gasteiger partial charge in [-0.15, -0.1) is 0 Å². The Morgan fingerprint density at radius 2 is 2.28 bits per heavy atom. The number of aromatic nitrogens is 2. The number of nitrogens with zero attached hydrogens (tertiary/aromatic N) is 2. The summed E-state index contributed by atoms with van der Waals surface area (Å²) in [5, 5.41) is 15.8. The van der Waals surface area contributed by atoms with Crippen molar-refractivity contribution in [3.8, 4) is 0 Å². The molecule has 0 amide bonds. The molecule has 18 heavy (non-hydrogen) atoms. The van der Waals surface area contributed by atoms with Crippen molar-refractivity contribution in [2.45, 2.75) is 13.1 Å². The van der Waals surface area contributed by atoms with Crippen LogP contribution in [0, 0.1) is 5.82 Å². The molecule has 0 spiro atoms. The van der Waals surface area contributed by atoms with Crippen LogP contribution in [0.4, 0.5) is 10.1 Å². The second-order valence-electron chi connectivity index (χ2n) is 3.81. The normalized spacial score (nSPS) is 10.6. The van der Waals surface area contributed by atoms with Crippen molar-refractivity contribution < 1.29 is 9.50 Å². The number of halogens is 2. The molecule has 0 bridgehead atoms. The Morgan fingerprint density at radius 1 is 1.44 bits per heavy atom. The SMILES string of the molecule is OCCn1cc(CNc2ccc(Br)cc2F)cn1. The van der Waals surface area contributed by atoms with Crippen molar-refractivity contribution in [3.63, 3.8) is 0 Å². The zero-order valence-electron chi connectivity index (χ0n) is 9.61. The Morgan fingerprint density at radius 3 is 3.00 bits per heavy atom. The summed E-state index contributed by atoms with van der Waals surface area (Å²) in [6, 6.07) is 4.87. The fourth-order valence-corrected chi connectivity index (χ4v) is 1.89. The molecule has 0 aliphatic carbocycles. The van der Waals surface area contributed by atoms with E-state index in [0.29, 0.717) is 23.2 Å². The second-order valence-corrected chi connectivity index (χ2v) is 4.73. The van der Waals surface area contributed by atoms with Crippen molar-refractivity contribution in [2.24, 2.45) is 0 Å². The van der Waals surface area contributed by atoms with Crippen molar-refractivity contribution in [3.05, 3.63) is 46.4 Å². The number of aliphatic hydroxyl groups is 1. The Kier molecular flexibility index (Phi) is 4.33. The minimum Gasteiger partial charge on any atom is -0.394 e. The lowest BCUT2D eigenvalue weighted by Gasteiger charge is -2.06. The van der Waals surface area contributed by atoms with E-state index >= 15 is 0 Å². The quantitative estimate of drug-likeness (QED) is 0.891. The van der Waals surface area contributed by atoms with Gasteiger partial charge in [-0.25, -0.2) is 4.39 Å². The van der Waals surface area contributed by atoms with Gasteiger partial charge in [-0.3, -0.25) is 4.68 Å². The van der Waals surface area contributed by atoms with Crippen LogP contribution in [0.5, 0.6) is 0 Å². The van der Waals surface area contributed by atoms with Crippen LogP contribution in [0.1, 0.15) is 5.56 Å². The molecule has 0 atom stereocenters. The van der Waals surface area contributed by atoms with Gasteiger partial charge in [-0.1, -0.05) is 15.9 Å². The lowest BCUT2D eigenvalue weighted by Crippen LogP contribution is -2.02. The largest absolute Gasteiger partial charge is 0.394 e. The molecular formula is C12H13BrFN3O. The maximum absolute atomic E-state index is 13.5. The first-order chi connectivity index (χ1) is 8.69. The molecule has 0 fully saturated rings. The molecule has 1 aromatic heterocycles. The van der Waals surface area contributed by atoms with Crippen molar-refractivity contribution >= 4 is 21.6 Å². The third-order valence-electron chi connectivity index (χ3n) is 2.43. The number of nitrogens with one attached hydrogen (secondary N) is 1. The first kappa shape index (κ1) is 13.0. The van der Waals surface area contributed by atoms with E-state index in [0.717, 1.165) is 5.56 Å². The van der Waals surface area contributed by atoms with Crippen molar-refractivity contribution in [1.29, 1.82) is 0 Å². The van der Waals surface area contributed by atoms with Crippen molar-refractivity contribution in [1.82, 2.24) is 9.78 Å². The highest BCUT2D eigenvalue weighted by Gasteiger charge is 2.03. The number of benzene rings is 1. The molecule has 96 valence electrons. The van der Waals surface area contributed by atoms with E-state index in [1.165, 1.54) is 6.07 Å². The van der Waals surface area contributed by atoms with E-state index in [9.17, 15) is 4.39 Å². The molecule has 0 aliphatic heterocycles. The van der Waals surface area contributed by atoms with Crippen LogP contribution in [-0.2, 0) is 13.1 Å². The number of rotatable bonds is 5. The van der Waals surface area contributed by atoms with Gasteiger partial charge in [0.25, 0.3) is 0 Å². The molecule has 0 unspecified atom stereocenters. The summed E-state index contributed by atoms with van der Waals surface area (Å²) in [7, 11) is 0. The van der Waals surface area contributed by atoms with E-state index in [1.807, 2.05) is 6.20 Å². The lowest BCUT2D eigenvalue weighted by molar-refractivity contribution is 0.269. The monoisotopic (exact) mass is 313 g/mol. The van der Waals surface area contributed by atoms with Gasteiger partial charge in [0.15, 0.2) is 0 Å². The number of hydrogen-bond donors (Lipinski definition) is 2. The molecule has 2 rings (SSSR count). The van der Waals surface area contributed by atoms with Crippen LogP contribution in [-0.4, -0.2) is 21.5 Å². The maximum atomic E-state index is 13.5. The number of aliphatic hydroxyl groups excluding tert-OH is 1. The summed E-state index contributed by atoms with van der Waals surface area (Å²) in [6.07, 6.45) is 3.51. The molecule has 0 radical (unpaired) electrons. The molecule has 2 aromatic rings. The minimum atomic E-state index is -0.299. The van der Waals surface area contributed by atoms with E-state index < -0.39 is 0 Å². The first-order valence-electron chi connectivity index (χ1n) is 5.50. The van der Waals surface area contributed by atoms with Crippen LogP contribution in [0.15, 0.2) is 35.1 Å². The molecule has 6 heteroatoms. The van der Waals surface area contributed by atoms with Gasteiger partial charge < -0.3 is 10.4 Å². The average molecular weight is 314 g/mol. The number of anilines is 1. The smallest absolute Gasteiger partial charge is 0.147 e. The first-order valence-corrected chi connectivity index (χ1v) is 6.29. The molecular weight excluding hydrogens is 301 g/mol. The van der Waals surface area contributed by atoms with Gasteiger partial charge in [0, 0.05) is 22.8 Å². The van der Waals surface area contributed by atoms with Gasteiger partial charge >= 0.3 is 0 Å². The summed E-state index contributed by atoms with van der Waals surface area (Å²) in [6.45, 7) is 1.01. The highest BCUT2D eigenvalue weighted by molar-refractivity contribution is 9.10. The topological polar surface area (TPSA) is 50.1 Å². The summed E-state index contributed by atoms with van der Waals surface area (Å²) in [5.74, 6) is -0.299. The van der Waals surface area contributed by atoms with E-state index in [2.05, 4.69) is 26.3 Å². The van der Waals surface area contributed by atoms with Gasteiger partial charge in [-0.2, -0.15) is 5.10 Å². The Balaban J connectivity index is 1.97. The Labute approximate surface area is 113 Å². The van der Waals surface area contributed by atoms with E-state index in [1.54, 1.807) is 23.0 Å². The standard InChI is InChI=1S/C12H13BrFN3O/c13-10-1-2-12(11(14)5-10)15-6-9-7-16-17(8-9)3-4-18/h1-2,5,7-8,15,18H,3-4,6H2. The molecule has 0 saturated carbocycles. The third kappa shape index (κ3) is 3.30. The summed E-state index contributed by atoms with van der Waals surface area (Å²) < 4.78 is 15.9. The number of hydrogen-bond acceptors (Lipinski definition) is 3. The second kappa shape index (κ2) is 5.97.